The third-order valence-corrected chi connectivity index (χ3v) is 3.60. The van der Waals surface area contributed by atoms with Crippen molar-refractivity contribution in [2.75, 3.05) is 6.54 Å². The number of ketones is 1. The summed E-state index contributed by atoms with van der Waals surface area (Å²) in [7, 11) is 0. The summed E-state index contributed by atoms with van der Waals surface area (Å²) in [4.78, 5) is 11.2. The molecule has 2 rings (SSSR count). The van der Waals surface area contributed by atoms with Gasteiger partial charge in [-0.25, -0.2) is 0 Å². The Kier molecular flexibility index (Phi) is 2.18. The van der Waals surface area contributed by atoms with Crippen molar-refractivity contribution in [2.24, 2.45) is 23.5 Å². The normalized spacial score (nSPS) is 40.4. The van der Waals surface area contributed by atoms with Gasteiger partial charge in [0, 0.05) is 12.8 Å². The molecule has 0 radical (unpaired) electrons. The topological polar surface area (TPSA) is 43.1 Å². The minimum Gasteiger partial charge on any atom is -0.330 e. The quantitative estimate of drug-likeness (QED) is 0.674. The third kappa shape index (κ3) is 1.28. The van der Waals surface area contributed by atoms with Gasteiger partial charge in [0.1, 0.15) is 5.78 Å². The maximum Gasteiger partial charge on any atom is 0.133 e. The van der Waals surface area contributed by atoms with Crippen LogP contribution in [0.1, 0.15) is 32.1 Å². The molecule has 0 aliphatic heterocycles. The lowest BCUT2D eigenvalue weighted by atomic mass is 9.76. The number of Topliss-reactive ketones (excluding diaryl/α,β-unsaturated/α-hetero) is 1. The molecular formula is C10H17NO. The van der Waals surface area contributed by atoms with Crippen LogP contribution in [0.3, 0.4) is 0 Å². The monoisotopic (exact) mass is 167 g/mol. The van der Waals surface area contributed by atoms with E-state index in [-0.39, 0.29) is 0 Å². The van der Waals surface area contributed by atoms with Crippen LogP contribution in [0.2, 0.25) is 0 Å². The summed E-state index contributed by atoms with van der Waals surface area (Å²) in [5.41, 5.74) is 5.56. The van der Waals surface area contributed by atoms with E-state index in [1.807, 2.05) is 0 Å². The minimum atomic E-state index is 0.496. The number of nitrogens with two attached hydrogens (primary N) is 1. The number of rotatable bonds is 2. The van der Waals surface area contributed by atoms with Gasteiger partial charge in [-0.1, -0.05) is 0 Å². The minimum absolute atomic E-state index is 0.496. The molecule has 0 aromatic carbocycles. The van der Waals surface area contributed by atoms with Crippen molar-refractivity contribution in [3.05, 3.63) is 0 Å². The second-order valence-corrected chi connectivity index (χ2v) is 4.29. The number of hydrogen-bond acceptors (Lipinski definition) is 2. The van der Waals surface area contributed by atoms with Crippen LogP contribution in [0.15, 0.2) is 0 Å². The molecule has 2 aliphatic rings. The highest BCUT2D eigenvalue weighted by atomic mass is 16.1. The predicted molar refractivity (Wildman–Crippen MR) is 47.6 cm³/mol. The molecule has 0 saturated heterocycles. The molecule has 2 fully saturated rings. The Bertz CT molecular complexity index is 174. The Morgan fingerprint density at radius 1 is 1.25 bits per heavy atom. The first-order chi connectivity index (χ1) is 5.81. The highest BCUT2D eigenvalue weighted by Crippen LogP contribution is 2.46. The third-order valence-electron chi connectivity index (χ3n) is 3.60. The Labute approximate surface area is 73.5 Å². The number of carbonyl (C=O) groups excluding carboxylic acids is 1. The molecule has 12 heavy (non-hydrogen) atoms. The van der Waals surface area contributed by atoms with Gasteiger partial charge in [-0.15, -0.1) is 0 Å². The summed E-state index contributed by atoms with van der Waals surface area (Å²) in [6.45, 7) is 0.797. The molecular weight excluding hydrogens is 150 g/mol. The van der Waals surface area contributed by atoms with E-state index in [4.69, 9.17) is 5.73 Å². The lowest BCUT2D eigenvalue weighted by Crippen LogP contribution is -2.27. The maximum absolute atomic E-state index is 11.2. The first kappa shape index (κ1) is 8.24. The molecule has 68 valence electrons. The van der Waals surface area contributed by atoms with E-state index in [1.165, 1.54) is 12.8 Å². The van der Waals surface area contributed by atoms with E-state index in [0.717, 1.165) is 31.7 Å². The predicted octanol–water partition coefficient (Wildman–Crippen LogP) is 1.34. The van der Waals surface area contributed by atoms with Crippen LogP contribution in [0.4, 0.5) is 0 Å². The van der Waals surface area contributed by atoms with E-state index in [9.17, 15) is 4.79 Å². The molecule has 0 spiro atoms. The first-order valence-corrected chi connectivity index (χ1v) is 5.03. The van der Waals surface area contributed by atoms with Crippen LogP contribution in [-0.2, 0) is 4.79 Å². The van der Waals surface area contributed by atoms with Crippen molar-refractivity contribution >= 4 is 5.78 Å². The van der Waals surface area contributed by atoms with Gasteiger partial charge in [-0.2, -0.15) is 0 Å². The zero-order valence-electron chi connectivity index (χ0n) is 7.46. The van der Waals surface area contributed by atoms with Crippen molar-refractivity contribution in [3.8, 4) is 0 Å². The Hall–Kier alpha value is -0.370. The SMILES string of the molecule is NCCC1C2CCC1CC(=O)C2. The van der Waals surface area contributed by atoms with Crippen molar-refractivity contribution in [1.82, 2.24) is 0 Å². The van der Waals surface area contributed by atoms with E-state index in [1.54, 1.807) is 0 Å². The molecule has 0 heterocycles. The van der Waals surface area contributed by atoms with Crippen LogP contribution in [0, 0.1) is 17.8 Å². The molecule has 2 heteroatoms. The summed E-state index contributed by atoms with van der Waals surface area (Å²) in [6.07, 6.45) is 5.40. The molecule has 2 aliphatic carbocycles. The first-order valence-electron chi connectivity index (χ1n) is 5.03. The standard InChI is InChI=1S/C10H17NO/c11-4-3-10-7-1-2-8(10)6-9(12)5-7/h7-8,10H,1-6,11H2. The number of hydrogen-bond donors (Lipinski definition) is 1. The Balaban J connectivity index is 2.04. The number of carbonyl (C=O) groups is 1. The van der Waals surface area contributed by atoms with Crippen LogP contribution in [0.25, 0.3) is 0 Å². The van der Waals surface area contributed by atoms with Crippen LogP contribution < -0.4 is 5.73 Å². The molecule has 2 atom stereocenters. The van der Waals surface area contributed by atoms with Gasteiger partial charge in [0.05, 0.1) is 0 Å². The van der Waals surface area contributed by atoms with Crippen molar-refractivity contribution < 1.29 is 4.79 Å². The summed E-state index contributed by atoms with van der Waals surface area (Å²) < 4.78 is 0. The van der Waals surface area contributed by atoms with Crippen LogP contribution >= 0.6 is 0 Å². The fraction of sp³-hybridized carbons (Fsp3) is 0.900. The number of fused-ring (bicyclic) bond motifs is 2. The molecule has 0 aromatic rings. The second kappa shape index (κ2) is 3.17. The summed E-state index contributed by atoms with van der Waals surface area (Å²) in [5.74, 6) is 2.67. The van der Waals surface area contributed by atoms with Crippen LogP contribution in [-0.4, -0.2) is 12.3 Å². The van der Waals surface area contributed by atoms with Crippen molar-refractivity contribution in [2.45, 2.75) is 32.1 Å². The average molecular weight is 167 g/mol. The molecule has 2 nitrogen and oxygen atoms in total. The molecule has 0 aromatic heterocycles. The van der Waals surface area contributed by atoms with Crippen molar-refractivity contribution in [1.29, 1.82) is 0 Å². The fourth-order valence-electron chi connectivity index (χ4n) is 3.08. The van der Waals surface area contributed by atoms with E-state index >= 15 is 0 Å². The van der Waals surface area contributed by atoms with E-state index in [2.05, 4.69) is 0 Å². The summed E-state index contributed by atoms with van der Waals surface area (Å²) in [5, 5.41) is 0. The Morgan fingerprint density at radius 3 is 2.33 bits per heavy atom. The maximum atomic E-state index is 11.2. The van der Waals surface area contributed by atoms with Gasteiger partial charge in [0.2, 0.25) is 0 Å². The zero-order valence-corrected chi connectivity index (χ0v) is 7.46. The smallest absolute Gasteiger partial charge is 0.133 e. The van der Waals surface area contributed by atoms with E-state index in [0.29, 0.717) is 17.6 Å². The lowest BCUT2D eigenvalue weighted by Gasteiger charge is -2.28. The van der Waals surface area contributed by atoms with Gasteiger partial charge >= 0.3 is 0 Å². The van der Waals surface area contributed by atoms with Gasteiger partial charge in [-0.05, 0) is 43.6 Å². The highest BCUT2D eigenvalue weighted by Gasteiger charge is 2.41. The fourth-order valence-corrected chi connectivity index (χ4v) is 3.08. The molecule has 2 bridgehead atoms. The molecule has 0 amide bonds. The molecule has 2 unspecified atom stereocenters. The van der Waals surface area contributed by atoms with Crippen LogP contribution in [0.5, 0.6) is 0 Å². The molecule has 2 N–H and O–H groups in total. The van der Waals surface area contributed by atoms with Gasteiger partial charge < -0.3 is 5.73 Å². The second-order valence-electron chi connectivity index (χ2n) is 4.29. The summed E-state index contributed by atoms with van der Waals surface area (Å²) in [6, 6.07) is 0. The van der Waals surface area contributed by atoms with Gasteiger partial charge in [0.25, 0.3) is 0 Å². The van der Waals surface area contributed by atoms with Gasteiger partial charge in [-0.3, -0.25) is 4.79 Å². The average Bonchev–Trinajstić information content (AvgIpc) is 2.32. The Morgan fingerprint density at radius 2 is 1.83 bits per heavy atom. The largest absolute Gasteiger partial charge is 0.330 e. The van der Waals surface area contributed by atoms with E-state index < -0.39 is 0 Å². The lowest BCUT2D eigenvalue weighted by molar-refractivity contribution is -0.123. The van der Waals surface area contributed by atoms with Gasteiger partial charge in [0.15, 0.2) is 0 Å². The zero-order chi connectivity index (χ0) is 8.55. The highest BCUT2D eigenvalue weighted by molar-refractivity contribution is 5.80. The van der Waals surface area contributed by atoms with Crippen molar-refractivity contribution in [3.63, 3.8) is 0 Å². The molecule has 2 saturated carbocycles. The summed E-state index contributed by atoms with van der Waals surface area (Å²) >= 11 is 0.